The molecule has 0 amide bonds. The Bertz CT molecular complexity index is 686. The van der Waals surface area contributed by atoms with Gasteiger partial charge < -0.3 is 20.3 Å². The third-order valence-electron chi connectivity index (χ3n) is 7.61. The Labute approximate surface area is 167 Å². The molecule has 0 spiro atoms. The lowest BCUT2D eigenvalue weighted by Gasteiger charge is -2.60. The lowest BCUT2D eigenvalue weighted by Crippen LogP contribution is -2.58. The standard InChI is InChI=1S/C22H33NO5/c1-14-4-7-17-21(2,16(14)6-5-15-9-11-27-20(15)26)10-8-18(22(17,3)13-24)28-19(25)12-23/h9,16-18,24H,1,4-8,10-13,23H2,2-3H3/t16-,17-,18-,21+,22+/m1/s1. The zero-order valence-corrected chi connectivity index (χ0v) is 17.0. The van der Waals surface area contributed by atoms with Crippen molar-refractivity contribution in [3.8, 4) is 0 Å². The number of allylic oxidation sites excluding steroid dienone is 1. The van der Waals surface area contributed by atoms with Crippen molar-refractivity contribution < 1.29 is 24.2 Å². The summed E-state index contributed by atoms with van der Waals surface area (Å²) in [5, 5.41) is 10.3. The van der Waals surface area contributed by atoms with Crippen LogP contribution >= 0.6 is 0 Å². The number of carbonyl (C=O) groups excluding carboxylic acids is 2. The van der Waals surface area contributed by atoms with Gasteiger partial charge in [-0.1, -0.05) is 26.0 Å². The number of cyclic esters (lactones) is 1. The van der Waals surface area contributed by atoms with E-state index in [-0.39, 0.29) is 42.5 Å². The summed E-state index contributed by atoms with van der Waals surface area (Å²) >= 11 is 0. The van der Waals surface area contributed by atoms with Gasteiger partial charge in [0.25, 0.3) is 0 Å². The van der Waals surface area contributed by atoms with Gasteiger partial charge in [0.15, 0.2) is 0 Å². The van der Waals surface area contributed by atoms with Gasteiger partial charge in [-0.3, -0.25) is 4.79 Å². The van der Waals surface area contributed by atoms with Crippen molar-refractivity contribution in [2.45, 2.75) is 58.5 Å². The van der Waals surface area contributed by atoms with Crippen molar-refractivity contribution in [3.05, 3.63) is 23.8 Å². The molecule has 0 aromatic rings. The van der Waals surface area contributed by atoms with Crippen LogP contribution in [0.2, 0.25) is 0 Å². The van der Waals surface area contributed by atoms with Crippen LogP contribution < -0.4 is 5.73 Å². The van der Waals surface area contributed by atoms with Crippen LogP contribution in [0.25, 0.3) is 0 Å². The van der Waals surface area contributed by atoms with Crippen molar-refractivity contribution in [3.63, 3.8) is 0 Å². The number of aliphatic hydroxyl groups is 1. The van der Waals surface area contributed by atoms with Crippen LogP contribution in [0, 0.1) is 22.7 Å². The molecule has 6 heteroatoms. The Morgan fingerprint density at radius 2 is 2.18 bits per heavy atom. The summed E-state index contributed by atoms with van der Waals surface area (Å²) in [6.07, 6.45) is 6.48. The Kier molecular flexibility index (Phi) is 6.01. The highest BCUT2D eigenvalue weighted by Gasteiger charge is 2.58. The average Bonchev–Trinajstić information content (AvgIpc) is 3.08. The first kappa shape index (κ1) is 21.1. The van der Waals surface area contributed by atoms with Gasteiger partial charge in [-0.25, -0.2) is 4.79 Å². The Morgan fingerprint density at radius 3 is 2.79 bits per heavy atom. The van der Waals surface area contributed by atoms with E-state index in [4.69, 9.17) is 15.2 Å². The summed E-state index contributed by atoms with van der Waals surface area (Å²) in [6, 6.07) is 0. The first-order valence-corrected chi connectivity index (χ1v) is 10.3. The van der Waals surface area contributed by atoms with Gasteiger partial charge in [0.2, 0.25) is 0 Å². The zero-order valence-electron chi connectivity index (χ0n) is 17.0. The fourth-order valence-corrected chi connectivity index (χ4v) is 6.01. The molecule has 6 nitrogen and oxygen atoms in total. The topological polar surface area (TPSA) is 98.8 Å². The van der Waals surface area contributed by atoms with Gasteiger partial charge in [0.05, 0.1) is 13.2 Å². The normalized spacial score (nSPS) is 37.9. The number of hydrogen-bond acceptors (Lipinski definition) is 6. The predicted octanol–water partition coefficient (Wildman–Crippen LogP) is 2.50. The van der Waals surface area contributed by atoms with Crippen LogP contribution in [0.3, 0.4) is 0 Å². The minimum Gasteiger partial charge on any atom is -0.461 e. The summed E-state index contributed by atoms with van der Waals surface area (Å²) < 4.78 is 10.7. The van der Waals surface area contributed by atoms with E-state index in [2.05, 4.69) is 13.5 Å². The number of carbonyl (C=O) groups is 2. The smallest absolute Gasteiger partial charge is 0.334 e. The summed E-state index contributed by atoms with van der Waals surface area (Å²) in [4.78, 5) is 23.6. The second-order valence-electron chi connectivity index (χ2n) is 9.06. The minimum absolute atomic E-state index is 0.0353. The maximum Gasteiger partial charge on any atom is 0.334 e. The van der Waals surface area contributed by atoms with E-state index in [1.807, 2.05) is 13.0 Å². The van der Waals surface area contributed by atoms with Crippen LogP contribution in [-0.2, 0) is 19.1 Å². The molecule has 0 saturated heterocycles. The highest BCUT2D eigenvalue weighted by molar-refractivity contribution is 5.90. The lowest BCUT2D eigenvalue weighted by atomic mass is 9.46. The van der Waals surface area contributed by atoms with E-state index in [9.17, 15) is 14.7 Å². The molecule has 156 valence electrons. The van der Waals surface area contributed by atoms with Crippen LogP contribution in [0.4, 0.5) is 0 Å². The molecule has 0 radical (unpaired) electrons. The van der Waals surface area contributed by atoms with Gasteiger partial charge in [-0.05, 0) is 61.9 Å². The molecular formula is C22H33NO5. The molecule has 0 aromatic carbocycles. The largest absolute Gasteiger partial charge is 0.461 e. The van der Waals surface area contributed by atoms with Gasteiger partial charge in [0, 0.05) is 11.0 Å². The van der Waals surface area contributed by atoms with Gasteiger partial charge in [-0.2, -0.15) is 0 Å². The molecule has 2 fully saturated rings. The Balaban J connectivity index is 1.82. The number of hydrogen-bond donors (Lipinski definition) is 2. The molecule has 5 atom stereocenters. The number of esters is 2. The van der Waals surface area contributed by atoms with Crippen LogP contribution in [0.1, 0.15) is 52.4 Å². The lowest BCUT2D eigenvalue weighted by molar-refractivity contribution is -0.186. The summed E-state index contributed by atoms with van der Waals surface area (Å²) in [7, 11) is 0. The molecule has 0 aromatic heterocycles. The molecule has 28 heavy (non-hydrogen) atoms. The van der Waals surface area contributed by atoms with Crippen molar-refractivity contribution in [2.75, 3.05) is 19.8 Å². The maximum absolute atomic E-state index is 11.8. The van der Waals surface area contributed by atoms with Crippen LogP contribution in [0.5, 0.6) is 0 Å². The molecule has 3 N–H and O–H groups in total. The molecule has 3 rings (SSSR count). The third kappa shape index (κ3) is 3.52. The molecule has 0 unspecified atom stereocenters. The summed E-state index contributed by atoms with van der Waals surface area (Å²) in [5.41, 5.74) is 6.85. The number of ether oxygens (including phenoxy) is 2. The van der Waals surface area contributed by atoms with E-state index in [0.717, 1.165) is 31.3 Å². The Hall–Kier alpha value is -1.66. The summed E-state index contributed by atoms with van der Waals surface area (Å²) in [5.74, 6) is -0.163. The number of fused-ring (bicyclic) bond motifs is 1. The minimum atomic E-state index is -0.512. The van der Waals surface area contributed by atoms with E-state index < -0.39 is 11.4 Å². The van der Waals surface area contributed by atoms with Gasteiger partial charge in [0.1, 0.15) is 12.7 Å². The highest BCUT2D eigenvalue weighted by Crippen LogP contribution is 2.62. The molecule has 1 aliphatic heterocycles. The number of rotatable bonds is 6. The van der Waals surface area contributed by atoms with Crippen molar-refractivity contribution >= 4 is 11.9 Å². The number of nitrogens with two attached hydrogens (primary N) is 1. The first-order chi connectivity index (χ1) is 13.3. The SMILES string of the molecule is C=C1CC[C@H]2[C@](C)(CO)[C@H](OC(=O)CN)CC[C@@]2(C)[C@@H]1CCC1=CCOC1=O. The quantitative estimate of drug-likeness (QED) is 0.533. The van der Waals surface area contributed by atoms with Gasteiger partial charge >= 0.3 is 11.9 Å². The van der Waals surface area contributed by atoms with Crippen molar-refractivity contribution in [1.29, 1.82) is 0 Å². The Morgan fingerprint density at radius 1 is 1.43 bits per heavy atom. The average molecular weight is 392 g/mol. The van der Waals surface area contributed by atoms with Crippen LogP contribution in [0.15, 0.2) is 23.8 Å². The van der Waals surface area contributed by atoms with E-state index in [1.165, 1.54) is 5.57 Å². The molecule has 3 aliphatic rings. The monoisotopic (exact) mass is 391 g/mol. The molecular weight excluding hydrogens is 358 g/mol. The second kappa shape index (κ2) is 7.99. The first-order valence-electron chi connectivity index (χ1n) is 10.3. The van der Waals surface area contributed by atoms with Gasteiger partial charge in [-0.15, -0.1) is 0 Å². The summed E-state index contributed by atoms with van der Waals surface area (Å²) in [6.45, 7) is 8.85. The second-order valence-corrected chi connectivity index (χ2v) is 9.06. The van der Waals surface area contributed by atoms with E-state index in [0.29, 0.717) is 19.4 Å². The van der Waals surface area contributed by atoms with Crippen molar-refractivity contribution in [2.24, 2.45) is 28.4 Å². The predicted molar refractivity (Wildman–Crippen MR) is 105 cm³/mol. The fraction of sp³-hybridized carbons (Fsp3) is 0.727. The maximum atomic E-state index is 11.8. The fourth-order valence-electron chi connectivity index (χ4n) is 6.01. The van der Waals surface area contributed by atoms with Crippen molar-refractivity contribution in [1.82, 2.24) is 0 Å². The van der Waals surface area contributed by atoms with E-state index in [1.54, 1.807) is 0 Å². The third-order valence-corrected chi connectivity index (χ3v) is 7.61. The molecule has 1 heterocycles. The zero-order chi connectivity index (χ0) is 20.5. The number of aliphatic hydroxyl groups excluding tert-OH is 1. The molecule has 0 bridgehead atoms. The van der Waals surface area contributed by atoms with Crippen LogP contribution in [-0.4, -0.2) is 42.9 Å². The van der Waals surface area contributed by atoms with E-state index >= 15 is 0 Å². The molecule has 2 saturated carbocycles. The molecule has 2 aliphatic carbocycles. The highest BCUT2D eigenvalue weighted by atomic mass is 16.5.